The van der Waals surface area contributed by atoms with Crippen LogP contribution in [0.3, 0.4) is 0 Å². The largest absolute Gasteiger partial charge is 0.391 e. The number of pyridine rings is 2. The number of ether oxygens (including phenoxy) is 1. The van der Waals surface area contributed by atoms with E-state index in [0.717, 1.165) is 22.3 Å². The Hall–Kier alpha value is -2.81. The van der Waals surface area contributed by atoms with E-state index >= 15 is 0 Å². The van der Waals surface area contributed by atoms with Crippen LogP contribution in [0.1, 0.15) is 47.5 Å². The molecule has 1 atom stereocenters. The maximum Gasteiger partial charge on any atom is 0.391 e. The van der Waals surface area contributed by atoms with Gasteiger partial charge in [0.2, 0.25) is 5.95 Å². The van der Waals surface area contributed by atoms with Gasteiger partial charge in [0, 0.05) is 35.4 Å². The summed E-state index contributed by atoms with van der Waals surface area (Å²) in [7, 11) is 0. The van der Waals surface area contributed by atoms with E-state index < -0.39 is 12.1 Å². The zero-order chi connectivity index (χ0) is 22.5. The van der Waals surface area contributed by atoms with E-state index in [4.69, 9.17) is 9.72 Å². The minimum absolute atomic E-state index is 0.0605. The third-order valence-corrected chi connectivity index (χ3v) is 6.35. The molecule has 3 aromatic rings. The van der Waals surface area contributed by atoms with Crippen LogP contribution in [0.2, 0.25) is 0 Å². The summed E-state index contributed by atoms with van der Waals surface area (Å²) >= 11 is 0. The van der Waals surface area contributed by atoms with E-state index in [9.17, 15) is 13.2 Å². The molecule has 1 aliphatic carbocycles. The number of anilines is 1. The molecule has 0 radical (unpaired) electrons. The van der Waals surface area contributed by atoms with Gasteiger partial charge in [0.1, 0.15) is 6.10 Å². The fourth-order valence-electron chi connectivity index (χ4n) is 4.48. The first-order chi connectivity index (χ1) is 15.3. The van der Waals surface area contributed by atoms with E-state index in [0.29, 0.717) is 37.0 Å². The van der Waals surface area contributed by atoms with Gasteiger partial charge in [0.05, 0.1) is 24.8 Å². The van der Waals surface area contributed by atoms with Crippen LogP contribution in [0.25, 0.3) is 11.0 Å². The number of alkyl halides is 3. The molecular formula is C23H24F3N5O. The molecule has 3 aromatic heterocycles. The highest BCUT2D eigenvalue weighted by Gasteiger charge is 2.49. The molecule has 1 saturated carbocycles. The summed E-state index contributed by atoms with van der Waals surface area (Å²) in [5.41, 5.74) is 3.95. The lowest BCUT2D eigenvalue weighted by Crippen LogP contribution is -2.40. The Kier molecular flexibility index (Phi) is 5.23. The van der Waals surface area contributed by atoms with Crippen LogP contribution in [0, 0.1) is 19.8 Å². The minimum atomic E-state index is -4.16. The van der Waals surface area contributed by atoms with Crippen molar-refractivity contribution in [2.75, 3.05) is 24.6 Å². The Morgan fingerprint density at radius 3 is 2.59 bits per heavy atom. The number of aromatic nitrogens is 4. The van der Waals surface area contributed by atoms with Crippen LogP contribution in [0.5, 0.6) is 0 Å². The molecule has 0 aromatic carbocycles. The standard InChI is InChI=1S/C23H24F3N5O/c1-13-3-4-18-20(16-10-17(11-16)23(24,25)26)29-22(30-21(18)28-13)31-7-8-32-19(12-31)15-5-6-27-14(2)9-15/h3-6,9,16-17,19H,7-8,10-12H2,1-2H3/t16-,17+,19-/m0/s1. The van der Waals surface area contributed by atoms with Crippen LogP contribution in [0.4, 0.5) is 19.1 Å². The molecule has 5 rings (SSSR count). The Balaban J connectivity index is 1.47. The molecule has 168 valence electrons. The number of halogens is 3. The van der Waals surface area contributed by atoms with Crippen LogP contribution in [0.15, 0.2) is 30.5 Å². The van der Waals surface area contributed by atoms with Crippen LogP contribution in [-0.2, 0) is 4.74 Å². The van der Waals surface area contributed by atoms with Gasteiger partial charge in [-0.05, 0) is 56.5 Å². The average molecular weight is 443 g/mol. The molecular weight excluding hydrogens is 419 g/mol. The lowest BCUT2D eigenvalue weighted by molar-refractivity contribution is -0.197. The summed E-state index contributed by atoms with van der Waals surface area (Å²) in [6, 6.07) is 7.66. The molecule has 1 aliphatic heterocycles. The first-order valence-electron chi connectivity index (χ1n) is 10.8. The Morgan fingerprint density at radius 2 is 1.84 bits per heavy atom. The summed E-state index contributed by atoms with van der Waals surface area (Å²) in [6.45, 7) is 5.47. The first kappa shape index (κ1) is 21.1. The van der Waals surface area contributed by atoms with E-state index in [1.165, 1.54) is 0 Å². The van der Waals surface area contributed by atoms with Crippen molar-refractivity contribution in [3.63, 3.8) is 0 Å². The highest BCUT2D eigenvalue weighted by Crippen LogP contribution is 2.50. The zero-order valence-electron chi connectivity index (χ0n) is 17.9. The number of nitrogens with zero attached hydrogens (tertiary/aromatic N) is 5. The predicted molar refractivity (Wildman–Crippen MR) is 113 cm³/mol. The smallest absolute Gasteiger partial charge is 0.370 e. The molecule has 0 unspecified atom stereocenters. The SMILES string of the molecule is Cc1cc([C@@H]2CN(c3nc4nc(C)ccc4c([C@H]4C[C@@H](C(F)(F)F)C4)n3)CCO2)ccn1. The van der Waals surface area contributed by atoms with Crippen molar-refractivity contribution in [2.24, 2.45) is 5.92 Å². The Bertz CT molecular complexity index is 1150. The zero-order valence-corrected chi connectivity index (χ0v) is 17.9. The normalized spacial score (nSPS) is 23.9. The predicted octanol–water partition coefficient (Wildman–Crippen LogP) is 4.67. The van der Waals surface area contributed by atoms with Crippen molar-refractivity contribution < 1.29 is 17.9 Å². The molecule has 9 heteroatoms. The fourth-order valence-corrected chi connectivity index (χ4v) is 4.48. The van der Waals surface area contributed by atoms with Crippen molar-refractivity contribution in [3.8, 4) is 0 Å². The second kappa shape index (κ2) is 7.95. The first-order valence-corrected chi connectivity index (χ1v) is 10.8. The average Bonchev–Trinajstić information content (AvgIpc) is 2.71. The maximum absolute atomic E-state index is 13.1. The second-order valence-electron chi connectivity index (χ2n) is 8.68. The summed E-state index contributed by atoms with van der Waals surface area (Å²) in [4.78, 5) is 20.3. The van der Waals surface area contributed by atoms with E-state index in [-0.39, 0.29) is 24.9 Å². The molecule has 2 fully saturated rings. The topological polar surface area (TPSA) is 64.0 Å². The van der Waals surface area contributed by atoms with Gasteiger partial charge in [0.25, 0.3) is 0 Å². The van der Waals surface area contributed by atoms with Crippen molar-refractivity contribution in [1.82, 2.24) is 19.9 Å². The van der Waals surface area contributed by atoms with Gasteiger partial charge in [-0.15, -0.1) is 0 Å². The number of morpholine rings is 1. The minimum Gasteiger partial charge on any atom is -0.370 e. The van der Waals surface area contributed by atoms with Gasteiger partial charge in [-0.1, -0.05) is 0 Å². The highest BCUT2D eigenvalue weighted by molar-refractivity contribution is 5.79. The molecule has 0 bridgehead atoms. The van der Waals surface area contributed by atoms with Gasteiger partial charge in [-0.2, -0.15) is 18.2 Å². The quantitative estimate of drug-likeness (QED) is 0.586. The lowest BCUT2D eigenvalue weighted by Gasteiger charge is -2.37. The number of fused-ring (bicyclic) bond motifs is 1. The monoisotopic (exact) mass is 443 g/mol. The molecule has 6 nitrogen and oxygen atoms in total. The van der Waals surface area contributed by atoms with Gasteiger partial charge in [-0.25, -0.2) is 9.97 Å². The maximum atomic E-state index is 13.1. The van der Waals surface area contributed by atoms with Gasteiger partial charge in [0.15, 0.2) is 5.65 Å². The van der Waals surface area contributed by atoms with Crippen molar-refractivity contribution in [2.45, 2.75) is 44.9 Å². The van der Waals surface area contributed by atoms with E-state index in [1.54, 1.807) is 6.20 Å². The van der Waals surface area contributed by atoms with Gasteiger partial charge < -0.3 is 9.64 Å². The molecule has 0 spiro atoms. The Morgan fingerprint density at radius 1 is 1.03 bits per heavy atom. The van der Waals surface area contributed by atoms with Crippen LogP contribution in [-0.4, -0.2) is 45.8 Å². The number of hydrogen-bond acceptors (Lipinski definition) is 6. The van der Waals surface area contributed by atoms with Crippen molar-refractivity contribution in [1.29, 1.82) is 0 Å². The number of rotatable bonds is 3. The number of aryl methyl sites for hydroxylation is 2. The highest BCUT2D eigenvalue weighted by atomic mass is 19.4. The van der Waals surface area contributed by atoms with Crippen molar-refractivity contribution in [3.05, 3.63) is 53.1 Å². The molecule has 2 aliphatic rings. The molecule has 0 N–H and O–H groups in total. The third-order valence-electron chi connectivity index (χ3n) is 6.35. The van der Waals surface area contributed by atoms with Crippen LogP contribution >= 0.6 is 0 Å². The van der Waals surface area contributed by atoms with E-state index in [2.05, 4.69) is 15.0 Å². The lowest BCUT2D eigenvalue weighted by atomic mass is 9.72. The van der Waals surface area contributed by atoms with Gasteiger partial charge in [-0.3, -0.25) is 4.98 Å². The summed E-state index contributed by atoms with van der Waals surface area (Å²) in [5, 5.41) is 0.736. The van der Waals surface area contributed by atoms with Crippen molar-refractivity contribution >= 4 is 17.0 Å². The molecule has 32 heavy (non-hydrogen) atoms. The van der Waals surface area contributed by atoms with Gasteiger partial charge >= 0.3 is 6.18 Å². The molecule has 4 heterocycles. The van der Waals surface area contributed by atoms with E-state index in [1.807, 2.05) is 43.0 Å². The fraction of sp³-hybridized carbons (Fsp3) is 0.478. The second-order valence-corrected chi connectivity index (χ2v) is 8.68. The molecule has 1 saturated heterocycles. The van der Waals surface area contributed by atoms with Crippen LogP contribution < -0.4 is 4.90 Å². The number of hydrogen-bond donors (Lipinski definition) is 0. The molecule has 0 amide bonds. The Labute approximate surface area is 183 Å². The summed E-state index contributed by atoms with van der Waals surface area (Å²) in [6.07, 6.45) is -2.43. The summed E-state index contributed by atoms with van der Waals surface area (Å²) in [5.74, 6) is -1.00. The summed E-state index contributed by atoms with van der Waals surface area (Å²) < 4.78 is 45.2. The third kappa shape index (κ3) is 4.01.